The van der Waals surface area contributed by atoms with Gasteiger partial charge >= 0.3 is 0 Å². The number of ether oxygens (including phenoxy) is 3. The van der Waals surface area contributed by atoms with E-state index in [4.69, 9.17) is 19.9 Å². The van der Waals surface area contributed by atoms with Crippen LogP contribution >= 0.6 is 0 Å². The summed E-state index contributed by atoms with van der Waals surface area (Å²) in [6.45, 7) is 4.29. The van der Waals surface area contributed by atoms with E-state index in [9.17, 15) is 4.39 Å². The Labute approximate surface area is 126 Å². The molecule has 0 saturated heterocycles. The first kappa shape index (κ1) is 17.9. The zero-order valence-electron chi connectivity index (χ0n) is 12.9. The van der Waals surface area contributed by atoms with Crippen molar-refractivity contribution in [2.24, 2.45) is 5.73 Å². The maximum absolute atomic E-state index is 13.3. The van der Waals surface area contributed by atoms with Crippen LogP contribution in [0.5, 0.6) is 5.75 Å². The highest BCUT2D eigenvalue weighted by atomic mass is 19.1. The van der Waals surface area contributed by atoms with Crippen molar-refractivity contribution < 1.29 is 18.6 Å². The summed E-state index contributed by atoms with van der Waals surface area (Å²) in [5.74, 6) is 0.414. The molecule has 1 aromatic rings. The van der Waals surface area contributed by atoms with Crippen molar-refractivity contribution in [3.63, 3.8) is 0 Å². The summed E-state index contributed by atoms with van der Waals surface area (Å²) in [6, 6.07) is 4.55. The van der Waals surface area contributed by atoms with E-state index < -0.39 is 0 Å². The molecule has 0 heterocycles. The maximum Gasteiger partial charge on any atom is 0.123 e. The fraction of sp³-hybridized carbons (Fsp3) is 0.625. The first-order chi connectivity index (χ1) is 10.2. The van der Waals surface area contributed by atoms with Crippen molar-refractivity contribution in [3.05, 3.63) is 29.6 Å². The third-order valence-electron chi connectivity index (χ3n) is 3.15. The van der Waals surface area contributed by atoms with Crippen LogP contribution in [0.25, 0.3) is 0 Å². The van der Waals surface area contributed by atoms with Gasteiger partial charge in [0, 0.05) is 26.4 Å². The SMILES string of the molecule is CCC(N)Cc1cc(F)ccc1OCCOCCCOC. The molecular weight excluding hydrogens is 273 g/mol. The van der Waals surface area contributed by atoms with Crippen LogP contribution in [-0.4, -0.2) is 39.6 Å². The van der Waals surface area contributed by atoms with Gasteiger partial charge in [0.2, 0.25) is 0 Å². The monoisotopic (exact) mass is 299 g/mol. The maximum atomic E-state index is 13.3. The van der Waals surface area contributed by atoms with Crippen molar-refractivity contribution >= 4 is 0 Å². The highest BCUT2D eigenvalue weighted by Crippen LogP contribution is 2.21. The smallest absolute Gasteiger partial charge is 0.123 e. The molecule has 4 nitrogen and oxygen atoms in total. The van der Waals surface area contributed by atoms with Gasteiger partial charge in [0.15, 0.2) is 0 Å². The molecule has 120 valence electrons. The van der Waals surface area contributed by atoms with Gasteiger partial charge < -0.3 is 19.9 Å². The Kier molecular flexibility index (Phi) is 8.98. The average molecular weight is 299 g/mol. The number of hydrogen-bond donors (Lipinski definition) is 1. The predicted molar refractivity (Wildman–Crippen MR) is 81.2 cm³/mol. The van der Waals surface area contributed by atoms with Gasteiger partial charge in [-0.3, -0.25) is 0 Å². The van der Waals surface area contributed by atoms with E-state index in [0.717, 1.165) is 18.4 Å². The van der Waals surface area contributed by atoms with Crippen LogP contribution in [0.4, 0.5) is 4.39 Å². The lowest BCUT2D eigenvalue weighted by Gasteiger charge is -2.14. The van der Waals surface area contributed by atoms with Gasteiger partial charge in [0.05, 0.1) is 6.61 Å². The molecule has 0 spiro atoms. The second-order valence-corrected chi connectivity index (χ2v) is 4.93. The Hall–Kier alpha value is -1.17. The van der Waals surface area contributed by atoms with Crippen LogP contribution in [0.15, 0.2) is 18.2 Å². The summed E-state index contributed by atoms with van der Waals surface area (Å²) in [4.78, 5) is 0. The van der Waals surface area contributed by atoms with Gasteiger partial charge in [-0.05, 0) is 43.0 Å². The molecule has 0 aliphatic carbocycles. The molecule has 0 amide bonds. The van der Waals surface area contributed by atoms with Crippen LogP contribution in [-0.2, 0) is 15.9 Å². The Morgan fingerprint density at radius 3 is 2.71 bits per heavy atom. The van der Waals surface area contributed by atoms with Crippen LogP contribution in [0.1, 0.15) is 25.3 Å². The van der Waals surface area contributed by atoms with E-state index in [1.807, 2.05) is 6.92 Å². The van der Waals surface area contributed by atoms with Gasteiger partial charge in [-0.2, -0.15) is 0 Å². The number of nitrogens with two attached hydrogens (primary N) is 1. The van der Waals surface area contributed by atoms with E-state index >= 15 is 0 Å². The molecule has 1 unspecified atom stereocenters. The number of methoxy groups -OCH3 is 1. The third-order valence-corrected chi connectivity index (χ3v) is 3.15. The largest absolute Gasteiger partial charge is 0.491 e. The topological polar surface area (TPSA) is 53.7 Å². The predicted octanol–water partition coefficient (Wildman–Crippen LogP) is 2.54. The fourth-order valence-corrected chi connectivity index (χ4v) is 1.89. The molecule has 0 aliphatic heterocycles. The number of rotatable bonds is 11. The molecule has 5 heteroatoms. The van der Waals surface area contributed by atoms with E-state index in [1.165, 1.54) is 12.1 Å². The first-order valence-corrected chi connectivity index (χ1v) is 7.40. The van der Waals surface area contributed by atoms with Gasteiger partial charge in [0.25, 0.3) is 0 Å². The Balaban J connectivity index is 2.39. The molecule has 2 N–H and O–H groups in total. The zero-order valence-corrected chi connectivity index (χ0v) is 12.9. The molecule has 0 radical (unpaired) electrons. The Morgan fingerprint density at radius 2 is 2.00 bits per heavy atom. The van der Waals surface area contributed by atoms with Crippen LogP contribution in [0, 0.1) is 5.82 Å². The van der Waals surface area contributed by atoms with Gasteiger partial charge in [-0.25, -0.2) is 4.39 Å². The van der Waals surface area contributed by atoms with Crippen molar-refractivity contribution in [2.75, 3.05) is 33.5 Å². The van der Waals surface area contributed by atoms with Crippen LogP contribution < -0.4 is 10.5 Å². The number of halogens is 1. The van der Waals surface area contributed by atoms with Crippen molar-refractivity contribution in [1.82, 2.24) is 0 Å². The normalized spacial score (nSPS) is 12.4. The lowest BCUT2D eigenvalue weighted by atomic mass is 10.0. The van der Waals surface area contributed by atoms with Gasteiger partial charge in [0.1, 0.15) is 18.2 Å². The second kappa shape index (κ2) is 10.5. The number of hydrogen-bond acceptors (Lipinski definition) is 4. The van der Waals surface area contributed by atoms with E-state index in [-0.39, 0.29) is 11.9 Å². The van der Waals surface area contributed by atoms with Crippen molar-refractivity contribution in [1.29, 1.82) is 0 Å². The second-order valence-electron chi connectivity index (χ2n) is 4.93. The summed E-state index contributed by atoms with van der Waals surface area (Å²) < 4.78 is 29.3. The third kappa shape index (κ3) is 7.41. The van der Waals surface area contributed by atoms with E-state index in [0.29, 0.717) is 38.6 Å². The van der Waals surface area contributed by atoms with Crippen molar-refractivity contribution in [3.8, 4) is 5.75 Å². The Bertz CT molecular complexity index is 401. The summed E-state index contributed by atoms with van der Waals surface area (Å²) in [5.41, 5.74) is 6.74. The molecule has 0 aromatic heterocycles. The molecular formula is C16H26FNO3. The van der Waals surface area contributed by atoms with Gasteiger partial charge in [-0.15, -0.1) is 0 Å². The average Bonchev–Trinajstić information content (AvgIpc) is 2.48. The number of benzene rings is 1. The van der Waals surface area contributed by atoms with Crippen LogP contribution in [0.2, 0.25) is 0 Å². The summed E-state index contributed by atoms with van der Waals surface area (Å²) in [6.07, 6.45) is 2.32. The zero-order chi connectivity index (χ0) is 15.5. The highest BCUT2D eigenvalue weighted by Gasteiger charge is 2.09. The Morgan fingerprint density at radius 1 is 1.19 bits per heavy atom. The summed E-state index contributed by atoms with van der Waals surface area (Å²) in [7, 11) is 1.67. The quantitative estimate of drug-likeness (QED) is 0.638. The minimum Gasteiger partial charge on any atom is -0.491 e. The molecule has 0 bridgehead atoms. The van der Waals surface area contributed by atoms with Crippen molar-refractivity contribution in [2.45, 2.75) is 32.2 Å². The van der Waals surface area contributed by atoms with E-state index in [2.05, 4.69) is 0 Å². The molecule has 21 heavy (non-hydrogen) atoms. The fourth-order valence-electron chi connectivity index (χ4n) is 1.89. The molecule has 1 aromatic carbocycles. The van der Waals surface area contributed by atoms with Crippen LogP contribution in [0.3, 0.4) is 0 Å². The molecule has 1 atom stereocenters. The molecule has 1 rings (SSSR count). The lowest BCUT2D eigenvalue weighted by molar-refractivity contribution is 0.0804. The highest BCUT2D eigenvalue weighted by molar-refractivity contribution is 5.34. The lowest BCUT2D eigenvalue weighted by Crippen LogP contribution is -2.22. The summed E-state index contributed by atoms with van der Waals surface area (Å²) in [5, 5.41) is 0. The minimum atomic E-state index is -0.267. The van der Waals surface area contributed by atoms with E-state index in [1.54, 1.807) is 13.2 Å². The summed E-state index contributed by atoms with van der Waals surface area (Å²) >= 11 is 0. The molecule has 0 fully saturated rings. The molecule has 0 aliphatic rings. The first-order valence-electron chi connectivity index (χ1n) is 7.40. The minimum absolute atomic E-state index is 0.0134. The standard InChI is InChI=1S/C16H26FNO3/c1-3-15(18)12-13-11-14(17)5-6-16(13)21-10-9-20-8-4-7-19-2/h5-6,11,15H,3-4,7-10,12,18H2,1-2H3. The molecule has 0 saturated carbocycles. The van der Waals surface area contributed by atoms with Gasteiger partial charge in [-0.1, -0.05) is 6.92 Å².